The molecule has 30 heavy (non-hydrogen) atoms. The van der Waals surface area contributed by atoms with Gasteiger partial charge in [0.15, 0.2) is 0 Å². The number of hydrogen-bond donors (Lipinski definition) is 0. The van der Waals surface area contributed by atoms with Crippen LogP contribution < -0.4 is 4.74 Å². The summed E-state index contributed by atoms with van der Waals surface area (Å²) in [4.78, 5) is 20.1. The highest BCUT2D eigenvalue weighted by atomic mass is 16.5. The first-order valence-corrected chi connectivity index (χ1v) is 11.0. The highest BCUT2D eigenvalue weighted by Gasteiger charge is 2.53. The summed E-state index contributed by atoms with van der Waals surface area (Å²) < 4.78 is 12.8. The molecule has 0 unspecified atom stereocenters. The lowest BCUT2D eigenvalue weighted by molar-refractivity contribution is -0.135. The highest BCUT2D eigenvalue weighted by molar-refractivity contribution is 5.91. The molecule has 4 rings (SSSR count). The predicted octanol–water partition coefficient (Wildman–Crippen LogP) is 3.36. The number of carbonyl (C=O) groups excluding carboxylic acids is 1. The molecule has 0 spiro atoms. The van der Waals surface area contributed by atoms with Crippen molar-refractivity contribution in [3.8, 4) is 5.75 Å². The summed E-state index contributed by atoms with van der Waals surface area (Å²) in [6.45, 7) is 5.34. The van der Waals surface area contributed by atoms with Gasteiger partial charge in [-0.05, 0) is 56.2 Å². The summed E-state index contributed by atoms with van der Waals surface area (Å²) in [6.07, 6.45) is 6.92. The molecular weight excluding hydrogens is 378 g/mol. The second-order valence-corrected chi connectivity index (χ2v) is 8.71. The molecule has 1 aromatic heterocycles. The van der Waals surface area contributed by atoms with Crippen molar-refractivity contribution < 1.29 is 14.3 Å². The van der Waals surface area contributed by atoms with E-state index >= 15 is 0 Å². The van der Waals surface area contributed by atoms with Crippen LogP contribution >= 0.6 is 0 Å². The van der Waals surface area contributed by atoms with Gasteiger partial charge < -0.3 is 18.9 Å². The van der Waals surface area contributed by atoms with Crippen LogP contribution in [0.15, 0.2) is 30.5 Å². The highest BCUT2D eigenvalue weighted by Crippen LogP contribution is 2.50. The SMILES string of the molecule is COCCn1c(C)cnc1CC1CCN(C(=O)C2(c3ccc(OC)cc3)CC2)CC1. The summed E-state index contributed by atoms with van der Waals surface area (Å²) in [5.74, 6) is 2.87. The second-order valence-electron chi connectivity index (χ2n) is 8.71. The lowest BCUT2D eigenvalue weighted by Crippen LogP contribution is -2.44. The van der Waals surface area contributed by atoms with Crippen LogP contribution in [0.4, 0.5) is 0 Å². The van der Waals surface area contributed by atoms with Crippen LogP contribution in [0, 0.1) is 12.8 Å². The van der Waals surface area contributed by atoms with Crippen molar-refractivity contribution in [2.75, 3.05) is 33.9 Å². The van der Waals surface area contributed by atoms with Gasteiger partial charge in [0, 0.05) is 45.1 Å². The van der Waals surface area contributed by atoms with Crippen LogP contribution in [0.2, 0.25) is 0 Å². The molecule has 1 aliphatic carbocycles. The van der Waals surface area contributed by atoms with Crippen molar-refractivity contribution in [1.82, 2.24) is 14.5 Å². The molecule has 2 aliphatic rings. The molecule has 2 aromatic rings. The fourth-order valence-electron chi connectivity index (χ4n) is 4.72. The van der Waals surface area contributed by atoms with Crippen LogP contribution in [0.25, 0.3) is 0 Å². The van der Waals surface area contributed by atoms with E-state index in [-0.39, 0.29) is 5.41 Å². The second kappa shape index (κ2) is 8.80. The van der Waals surface area contributed by atoms with Crippen LogP contribution in [0.5, 0.6) is 5.75 Å². The molecule has 1 aliphatic heterocycles. The Morgan fingerprint density at radius 3 is 2.47 bits per heavy atom. The number of ether oxygens (including phenoxy) is 2. The first-order chi connectivity index (χ1) is 14.6. The average Bonchev–Trinajstić information content (AvgIpc) is 3.52. The minimum atomic E-state index is -0.299. The van der Waals surface area contributed by atoms with Gasteiger partial charge >= 0.3 is 0 Å². The molecule has 0 N–H and O–H groups in total. The van der Waals surface area contributed by atoms with Gasteiger partial charge in [0.25, 0.3) is 0 Å². The van der Waals surface area contributed by atoms with Crippen molar-refractivity contribution in [2.24, 2.45) is 5.92 Å². The van der Waals surface area contributed by atoms with Crippen LogP contribution in [0.3, 0.4) is 0 Å². The first kappa shape index (κ1) is 20.9. The molecule has 2 fully saturated rings. The van der Waals surface area contributed by atoms with Crippen molar-refractivity contribution in [3.63, 3.8) is 0 Å². The zero-order valence-electron chi connectivity index (χ0n) is 18.4. The normalized spacial score (nSPS) is 18.4. The smallest absolute Gasteiger partial charge is 0.233 e. The topological polar surface area (TPSA) is 56.6 Å². The molecule has 162 valence electrons. The number of piperidine rings is 1. The standard InChI is InChI=1S/C24H33N3O3/c1-18-17-25-22(27(18)14-15-29-2)16-19-8-12-26(13-9-19)23(28)24(10-11-24)20-4-6-21(30-3)7-5-20/h4-7,17,19H,8-16H2,1-3H3. The van der Waals surface area contributed by atoms with Crippen molar-refractivity contribution in [3.05, 3.63) is 47.5 Å². The lowest BCUT2D eigenvalue weighted by Gasteiger charge is -2.34. The monoisotopic (exact) mass is 411 g/mol. The zero-order chi connectivity index (χ0) is 21.1. The molecule has 0 bridgehead atoms. The van der Waals surface area contributed by atoms with Crippen molar-refractivity contribution in [1.29, 1.82) is 0 Å². The van der Waals surface area contributed by atoms with Crippen molar-refractivity contribution >= 4 is 5.91 Å². The Morgan fingerprint density at radius 2 is 1.87 bits per heavy atom. The van der Waals surface area contributed by atoms with Gasteiger partial charge in [0.05, 0.1) is 19.1 Å². The summed E-state index contributed by atoms with van der Waals surface area (Å²) >= 11 is 0. The minimum Gasteiger partial charge on any atom is -0.497 e. The minimum absolute atomic E-state index is 0.299. The lowest BCUT2D eigenvalue weighted by atomic mass is 9.90. The number of aryl methyl sites for hydroxylation is 1. The summed E-state index contributed by atoms with van der Waals surface area (Å²) in [7, 11) is 3.40. The first-order valence-electron chi connectivity index (χ1n) is 11.0. The van der Waals surface area contributed by atoms with Gasteiger partial charge in [-0.25, -0.2) is 4.98 Å². The maximum absolute atomic E-state index is 13.3. The summed E-state index contributed by atoms with van der Waals surface area (Å²) in [5.41, 5.74) is 2.02. The molecular formula is C24H33N3O3. The number of hydrogen-bond acceptors (Lipinski definition) is 4. The number of benzene rings is 1. The molecule has 1 saturated carbocycles. The third kappa shape index (κ3) is 4.10. The molecule has 1 saturated heterocycles. The van der Waals surface area contributed by atoms with E-state index in [0.717, 1.165) is 68.9 Å². The maximum Gasteiger partial charge on any atom is 0.233 e. The predicted molar refractivity (Wildman–Crippen MR) is 116 cm³/mol. The van der Waals surface area contributed by atoms with Crippen molar-refractivity contribution in [2.45, 2.75) is 51.0 Å². The van der Waals surface area contributed by atoms with Crippen LogP contribution in [0.1, 0.15) is 42.8 Å². The van der Waals surface area contributed by atoms with E-state index < -0.39 is 0 Å². The molecule has 1 aromatic carbocycles. The molecule has 6 heteroatoms. The Balaban J connectivity index is 1.35. The van der Waals surface area contributed by atoms with Gasteiger partial charge in [0.1, 0.15) is 11.6 Å². The number of amides is 1. The maximum atomic E-state index is 13.3. The van der Waals surface area contributed by atoms with Gasteiger partial charge in [-0.1, -0.05) is 12.1 Å². The van der Waals surface area contributed by atoms with Gasteiger partial charge in [0.2, 0.25) is 5.91 Å². The van der Waals surface area contributed by atoms with Gasteiger partial charge in [-0.15, -0.1) is 0 Å². The average molecular weight is 412 g/mol. The number of likely N-dealkylation sites (tertiary alicyclic amines) is 1. The van der Waals surface area contributed by atoms with E-state index in [1.54, 1.807) is 14.2 Å². The van der Waals surface area contributed by atoms with E-state index in [1.165, 1.54) is 5.69 Å². The fourth-order valence-corrected chi connectivity index (χ4v) is 4.72. The van der Waals surface area contributed by atoms with E-state index in [4.69, 9.17) is 9.47 Å². The Kier molecular flexibility index (Phi) is 6.14. The van der Waals surface area contributed by atoms with Crippen LogP contribution in [-0.4, -0.2) is 54.3 Å². The van der Waals surface area contributed by atoms with E-state index in [0.29, 0.717) is 18.4 Å². The Labute approximate surface area is 179 Å². The number of aromatic nitrogens is 2. The Bertz CT molecular complexity index is 862. The third-order valence-corrected chi connectivity index (χ3v) is 6.83. The number of imidazole rings is 1. The van der Waals surface area contributed by atoms with Crippen LogP contribution in [-0.2, 0) is 27.9 Å². The van der Waals surface area contributed by atoms with E-state index in [1.807, 2.05) is 18.3 Å². The molecule has 0 atom stereocenters. The molecule has 1 amide bonds. The Morgan fingerprint density at radius 1 is 1.17 bits per heavy atom. The fraction of sp³-hybridized carbons (Fsp3) is 0.583. The third-order valence-electron chi connectivity index (χ3n) is 6.83. The summed E-state index contributed by atoms with van der Waals surface area (Å²) in [6, 6.07) is 8.03. The quantitative estimate of drug-likeness (QED) is 0.668. The summed E-state index contributed by atoms with van der Waals surface area (Å²) in [5, 5.41) is 0. The van der Waals surface area contributed by atoms with Gasteiger partial charge in [-0.2, -0.15) is 0 Å². The van der Waals surface area contributed by atoms with E-state index in [9.17, 15) is 4.79 Å². The molecule has 6 nitrogen and oxygen atoms in total. The number of carbonyl (C=O) groups is 1. The number of methoxy groups -OCH3 is 2. The Hall–Kier alpha value is -2.34. The largest absolute Gasteiger partial charge is 0.497 e. The number of nitrogens with zero attached hydrogens (tertiary/aromatic N) is 3. The zero-order valence-corrected chi connectivity index (χ0v) is 18.4. The van der Waals surface area contributed by atoms with Gasteiger partial charge in [-0.3, -0.25) is 4.79 Å². The number of rotatable bonds is 8. The molecule has 2 heterocycles. The van der Waals surface area contributed by atoms with E-state index in [2.05, 4.69) is 33.5 Å². The molecule has 0 radical (unpaired) electrons.